The molecule has 0 aromatic carbocycles. The van der Waals surface area contributed by atoms with Gasteiger partial charge < -0.3 is 112 Å². The minimum Gasteiger partial charge on any atom is -0.481 e. The summed E-state index contributed by atoms with van der Waals surface area (Å²) < 4.78 is 99.8. The number of nitrogens with one attached hydrogen (secondary N) is 4. The van der Waals surface area contributed by atoms with Gasteiger partial charge in [0.05, 0.1) is 71.0 Å². The number of unbranched alkanes of at least 4 members (excludes halogenated alkanes) is 4. The number of carboxylic acid groups (broad SMARTS) is 8. The summed E-state index contributed by atoms with van der Waals surface area (Å²) in [6, 6.07) is -2.98. The molecule has 40 unspecified atom stereocenters. The molecule has 12 N–H and O–H groups in total. The van der Waals surface area contributed by atoms with Gasteiger partial charge in [-0.2, -0.15) is 0 Å². The zero-order chi connectivity index (χ0) is 104. The third-order valence-corrected chi connectivity index (χ3v) is 74.4. The van der Waals surface area contributed by atoms with E-state index in [1.807, 2.05) is 72.9 Å². The maximum atomic E-state index is 15.1. The topological polar surface area (TPSA) is 594 Å². The van der Waals surface area contributed by atoms with Crippen molar-refractivity contribution in [2.24, 2.45) is 189 Å². The maximum Gasteiger partial charge on any atom is 0.478 e. The van der Waals surface area contributed by atoms with Gasteiger partial charge in [0, 0.05) is 124 Å². The molecule has 0 aromatic heterocycles. The number of rotatable bonds is 52. The predicted molar refractivity (Wildman–Crippen MR) is 526 cm³/mol. The summed E-state index contributed by atoms with van der Waals surface area (Å²) in [4.78, 5) is 226. The highest BCUT2D eigenvalue weighted by Crippen LogP contribution is 2.61. The van der Waals surface area contributed by atoms with Gasteiger partial charge >= 0.3 is 118 Å². The highest BCUT2D eigenvalue weighted by atomic mass is 28.6. The molecule has 40 atom stereocenters. The van der Waals surface area contributed by atoms with Crippen LogP contribution in [0.25, 0.3) is 0 Å². The van der Waals surface area contributed by atoms with Crippen LogP contribution in [0.1, 0.15) is 154 Å². The first-order chi connectivity index (χ1) is 70.8. The summed E-state index contributed by atoms with van der Waals surface area (Å²) >= 11 is 0. The summed E-state index contributed by atoms with van der Waals surface area (Å²) in [5.74, 6) is -35.4. The van der Waals surface area contributed by atoms with Crippen molar-refractivity contribution in [2.45, 2.75) is 202 Å². The minimum atomic E-state index is -5.43. The van der Waals surface area contributed by atoms with Crippen LogP contribution in [0.5, 0.6) is 0 Å². The summed E-state index contributed by atoms with van der Waals surface area (Å²) in [6.45, 7) is -0.960. The second-order valence-corrected chi connectivity index (χ2v) is 70.4. The van der Waals surface area contributed by atoms with E-state index in [4.69, 9.17) is 49.4 Å². The van der Waals surface area contributed by atoms with Crippen molar-refractivity contribution < 1.29 is 167 Å². The Kier molecular flexibility index (Phi) is 29.4. The van der Waals surface area contributed by atoms with Crippen molar-refractivity contribution in [2.75, 3.05) is 26.2 Å². The zero-order valence-corrected chi connectivity index (χ0v) is 90.2. The number of ketones is 4. The number of carboxylic acids is 8. The van der Waals surface area contributed by atoms with Crippen molar-refractivity contribution in [1.82, 2.24) is 21.3 Å². The Labute approximate surface area is 863 Å². The van der Waals surface area contributed by atoms with Crippen LogP contribution in [0.4, 0.5) is 0 Å². The number of fused-ring (bicyclic) bond motifs is 16. The van der Waals surface area contributed by atoms with Gasteiger partial charge in [0.15, 0.2) is 0 Å². The highest BCUT2D eigenvalue weighted by molar-refractivity contribution is 7.03. The van der Waals surface area contributed by atoms with E-state index in [1.54, 1.807) is 24.3 Å². The first kappa shape index (κ1) is 105. The van der Waals surface area contributed by atoms with Gasteiger partial charge in [-0.15, -0.1) is 0 Å². The van der Waals surface area contributed by atoms with E-state index in [1.165, 1.54) is 0 Å². The number of hydrogen-bond donors (Lipinski definition) is 12. The molecule has 8 saturated carbocycles. The van der Waals surface area contributed by atoms with Crippen LogP contribution < -0.4 is 21.3 Å². The molecular formula is C100H132N4O36Si8. The van der Waals surface area contributed by atoms with E-state index in [0.29, 0.717) is 51.4 Å². The zero-order valence-electron chi connectivity index (χ0n) is 82.2. The number of Topliss-reactive ketones (excluding diaryl/α,β-unsaturated/α-hetero) is 4. The second-order valence-electron chi connectivity index (χ2n) is 45.7. The molecule has 800 valence electrons. The van der Waals surface area contributed by atoms with Crippen LogP contribution >= 0.6 is 0 Å². The summed E-state index contributed by atoms with van der Waals surface area (Å²) in [5, 5.41) is 98.3. The number of carbonyl (C=O) groups is 16. The largest absolute Gasteiger partial charge is 0.481 e. The fraction of sp³-hybridized carbons (Fsp3) is 0.680. The first-order valence-corrected chi connectivity index (χ1v) is 69.2. The average molecular weight is 2190 g/mol. The molecule has 24 bridgehead atoms. The molecule has 6 heterocycles. The highest BCUT2D eigenvalue weighted by Gasteiger charge is 2.84. The smallest absolute Gasteiger partial charge is 0.478 e. The monoisotopic (exact) mass is 2190 g/mol. The molecule has 148 heavy (non-hydrogen) atoms. The number of aliphatic carboxylic acids is 8. The SMILES string of the molecule is O=C(O)C1C2C=CC(C2)C1C(=O)CCCC[Si]12O[Si]3(CCCCC(=O)C4C5C=CC(C5)C4C(=O)O)O[Si]4(CCCCC(=O)C5C6C=CC(C6)C5C(=O)O)O[Si](CCCNC(=O)C5C6C=CC(C6)C5C(=O)O)(O1)O[Si]1(CCCNC(=O)C5C6C=CC(C6)C5C(=O)O)O[Si](CCCCC(=O)C5C6C=CC(C6)C5C(=O)O)(O2)O[Si](CCCNC(=O)C2C5C=CC(C5)C2C(=O)O)(O3)O[Si](CCCNC(=O)C2C3C=CC(C3)C2C(=O)O)(O4)O1. The third kappa shape index (κ3) is 19.8. The van der Waals surface area contributed by atoms with Gasteiger partial charge in [0.25, 0.3) is 0 Å². The normalized spacial score (nSPS) is 43.5. The van der Waals surface area contributed by atoms with Gasteiger partial charge in [0.2, 0.25) is 23.6 Å². The Morgan fingerprint density at radius 1 is 0.176 bits per heavy atom. The Bertz CT molecular complexity index is 4570. The second kappa shape index (κ2) is 41.4. The lowest BCUT2D eigenvalue weighted by molar-refractivity contribution is -0.148. The molecule has 0 radical (unpaired) electrons. The minimum absolute atomic E-state index is 0.000707. The van der Waals surface area contributed by atoms with E-state index in [-0.39, 0.29) is 200 Å². The van der Waals surface area contributed by atoms with Gasteiger partial charge in [-0.25, -0.2) is 0 Å². The van der Waals surface area contributed by atoms with Crippen molar-refractivity contribution >= 4 is 165 Å². The third-order valence-electron chi connectivity index (χ3n) is 36.8. The van der Waals surface area contributed by atoms with Crippen LogP contribution in [0.3, 0.4) is 0 Å². The fourth-order valence-electron chi connectivity index (χ4n) is 30.8. The molecular weight excluding hydrogens is 2060 g/mol. The fourth-order valence-corrected chi connectivity index (χ4v) is 81.5. The standard InChI is InChI=1S/C100H132N4O36Si8/c105-69(73-53-17-25-61(45-53)81(73)93(113)114)13-1-5-37-141-129-142(38-6-2-14-70(106)74-54-18-26-62(46-54)82(74)94(115)116)131-144(40-8-4-16-72(108)76-56-20-28-64(48-56)84(76)96(119)120)135-145(132-141,41-9-33-101-89(109)77-57-21-29-65(49-57)85(77)97(121)122)138-147(43-11-35-103-91(111)79-59-23-31-67(51-59)87(79)99(125)126)136-143(130-141,39-7-3-15-71(107)75-55-19-27-63(47-55)83(75)95(117)118)134-146(133-142,42-10-34-102-90(110)78-58-22-30-66(50-58)86(78)98(123)124)139-148(137-144,140-147)44-12-36-104-92(112)80-60-24-32-68(52-60)88(80)100(127)128/h17-32,53-68,73-88H,1-16,33-52H2,(H,101,109)(H,102,110)(H,103,111)(H,104,112)(H,113,114)(H,115,116)(H,117,118)(H,119,120)(H,121,122)(H,123,124)(H,125,126)(H,127,128). The molecule has 14 fully saturated rings. The van der Waals surface area contributed by atoms with Crippen LogP contribution in [0, 0.1) is 189 Å². The number of allylic oxidation sites excluding steroid dienone is 16. The van der Waals surface area contributed by atoms with E-state index >= 15 is 38.4 Å². The number of carbonyl (C=O) groups excluding carboxylic acids is 8. The number of amides is 4. The van der Waals surface area contributed by atoms with Gasteiger partial charge in [-0.05, 0) is 223 Å². The lowest BCUT2D eigenvalue weighted by Gasteiger charge is -2.63. The molecule has 16 aliphatic carbocycles. The van der Waals surface area contributed by atoms with Crippen molar-refractivity contribution in [3.8, 4) is 0 Å². The Balaban J connectivity index is 0.724. The molecule has 6 aliphatic heterocycles. The predicted octanol–water partition coefficient (Wildman–Crippen LogP) is 8.93. The summed E-state index contributed by atoms with van der Waals surface area (Å²) in [6.07, 6.45) is 31.2. The van der Waals surface area contributed by atoms with Crippen molar-refractivity contribution in [3.63, 3.8) is 0 Å². The Morgan fingerprint density at radius 3 is 0.439 bits per heavy atom. The quantitative estimate of drug-likeness (QED) is 0.0153. The van der Waals surface area contributed by atoms with Crippen LogP contribution in [0.2, 0.25) is 48.4 Å². The Hall–Kier alpha value is -8.50. The van der Waals surface area contributed by atoms with Gasteiger partial charge in [-0.1, -0.05) is 97.2 Å². The van der Waals surface area contributed by atoms with Gasteiger partial charge in [-0.3, -0.25) is 76.7 Å². The number of hydrogen-bond acceptors (Lipinski definition) is 28. The first-order valence-electron chi connectivity index (χ1n) is 53.8. The van der Waals surface area contributed by atoms with Crippen molar-refractivity contribution in [3.05, 3.63) is 97.2 Å². The molecule has 22 aliphatic rings. The lowest BCUT2D eigenvalue weighted by Crippen LogP contribution is -2.88. The van der Waals surface area contributed by atoms with E-state index in [0.717, 1.165) is 0 Å². The van der Waals surface area contributed by atoms with E-state index < -0.39 is 332 Å². The molecule has 40 nitrogen and oxygen atoms in total. The van der Waals surface area contributed by atoms with E-state index in [2.05, 4.69) is 21.3 Å². The summed E-state index contributed by atoms with van der Waals surface area (Å²) in [7, 11) is -43.3. The molecule has 48 heteroatoms. The van der Waals surface area contributed by atoms with Gasteiger partial charge in [0.1, 0.15) is 23.1 Å². The average Bonchev–Trinajstić information content (AvgIpc) is 0.973. The molecule has 4 amide bonds. The van der Waals surface area contributed by atoms with E-state index in [9.17, 15) is 79.2 Å². The maximum absolute atomic E-state index is 15.1. The molecule has 0 spiro atoms. The van der Waals surface area contributed by atoms with Crippen LogP contribution in [0.15, 0.2) is 97.2 Å². The molecule has 22 rings (SSSR count). The summed E-state index contributed by atoms with van der Waals surface area (Å²) in [5.41, 5.74) is 0. The van der Waals surface area contributed by atoms with Crippen LogP contribution in [-0.4, -0.2) is 232 Å². The van der Waals surface area contributed by atoms with Crippen LogP contribution in [-0.2, 0) is 126 Å². The van der Waals surface area contributed by atoms with Crippen molar-refractivity contribution in [1.29, 1.82) is 0 Å². The lowest BCUT2D eigenvalue weighted by atomic mass is 9.79. The molecule has 0 aromatic rings. The Morgan fingerprint density at radius 2 is 0.297 bits per heavy atom. The molecule has 6 saturated heterocycles.